The first-order valence-corrected chi connectivity index (χ1v) is 10.1. The van der Waals surface area contributed by atoms with E-state index in [1.54, 1.807) is 42.5 Å². The van der Waals surface area contributed by atoms with Crippen LogP contribution in [0.4, 0.5) is 0 Å². The number of nitrogens with zero attached hydrogens (tertiary/aromatic N) is 1. The van der Waals surface area contributed by atoms with Crippen molar-refractivity contribution >= 4 is 27.5 Å². The van der Waals surface area contributed by atoms with Crippen molar-refractivity contribution in [2.24, 2.45) is 0 Å². The van der Waals surface area contributed by atoms with Gasteiger partial charge < -0.3 is 5.11 Å². The molecule has 3 aromatic rings. The molecule has 1 heterocycles. The molecule has 0 bridgehead atoms. The second kappa shape index (κ2) is 8.42. The average Bonchev–Trinajstić information content (AvgIpc) is 2.73. The molecule has 6 nitrogen and oxygen atoms in total. The zero-order chi connectivity index (χ0) is 20.9. The third kappa shape index (κ3) is 5.09. The fourth-order valence-corrected chi connectivity index (χ4v) is 3.51. The van der Waals surface area contributed by atoms with Gasteiger partial charge >= 0.3 is 5.97 Å². The molecule has 1 aromatic heterocycles. The summed E-state index contributed by atoms with van der Waals surface area (Å²) in [6.45, 7) is 0. The third-order valence-electron chi connectivity index (χ3n) is 3.86. The second-order valence-electron chi connectivity index (χ2n) is 6.01. The van der Waals surface area contributed by atoms with Crippen molar-refractivity contribution in [1.82, 2.24) is 9.71 Å². The summed E-state index contributed by atoms with van der Waals surface area (Å²) in [5.74, 6) is 7.80. The van der Waals surface area contributed by atoms with Gasteiger partial charge in [0.05, 0.1) is 20.8 Å². The molecule has 0 radical (unpaired) electrons. The zero-order valence-electron chi connectivity index (χ0n) is 15.2. The van der Waals surface area contributed by atoms with Crippen LogP contribution >= 0.6 is 0 Å². The number of carboxylic acid groups (broad SMARTS) is 1. The Morgan fingerprint density at radius 1 is 0.931 bits per heavy atom. The summed E-state index contributed by atoms with van der Waals surface area (Å²) < 4.78 is 15.1. The van der Waals surface area contributed by atoms with E-state index in [9.17, 15) is 13.8 Å². The van der Waals surface area contributed by atoms with E-state index in [1.165, 1.54) is 30.6 Å². The van der Waals surface area contributed by atoms with Crippen molar-refractivity contribution in [2.45, 2.75) is 4.90 Å². The van der Waals surface area contributed by atoms with Gasteiger partial charge in [0.2, 0.25) is 0 Å². The summed E-state index contributed by atoms with van der Waals surface area (Å²) in [5.41, 5.74) is 1.47. The molecule has 0 fully saturated rings. The molecule has 2 aromatic carbocycles. The summed E-state index contributed by atoms with van der Waals surface area (Å²) >= 11 is 0. The lowest BCUT2D eigenvalue weighted by atomic mass is 10.1. The molecule has 0 aliphatic rings. The van der Waals surface area contributed by atoms with Crippen LogP contribution in [0.5, 0.6) is 0 Å². The summed E-state index contributed by atoms with van der Waals surface area (Å²) in [6, 6.07) is 16.1. The van der Waals surface area contributed by atoms with Crippen LogP contribution in [0.25, 0.3) is 0 Å². The highest BCUT2D eigenvalue weighted by Crippen LogP contribution is 2.10. The second-order valence-corrected chi connectivity index (χ2v) is 8.04. The van der Waals surface area contributed by atoms with E-state index >= 15 is 0 Å². The summed E-state index contributed by atoms with van der Waals surface area (Å²) in [6.07, 6.45) is 2.84. The Morgan fingerprint density at radius 3 is 2.24 bits per heavy atom. The van der Waals surface area contributed by atoms with Crippen LogP contribution in [0.1, 0.15) is 31.8 Å². The monoisotopic (exact) mass is 404 g/mol. The van der Waals surface area contributed by atoms with Crippen molar-refractivity contribution in [2.75, 3.05) is 0 Å². The molecule has 1 atom stereocenters. The molecule has 144 valence electrons. The lowest BCUT2D eigenvalue weighted by molar-refractivity contribution is 0.0696. The van der Waals surface area contributed by atoms with E-state index in [0.717, 1.165) is 0 Å². The molecule has 0 spiro atoms. The van der Waals surface area contributed by atoms with Crippen molar-refractivity contribution in [3.63, 3.8) is 0 Å². The predicted octanol–water partition coefficient (Wildman–Crippen LogP) is 2.60. The number of carbonyl (C=O) groups is 2. The number of hydrogen-bond donors (Lipinski definition) is 2. The lowest BCUT2D eigenvalue weighted by Crippen LogP contribution is -2.30. The van der Waals surface area contributed by atoms with Crippen LogP contribution in [-0.4, -0.2) is 32.0 Å². The van der Waals surface area contributed by atoms with Gasteiger partial charge in [-0.05, 0) is 48.3 Å². The fraction of sp³-hybridized carbons (Fsp3) is 0. The van der Waals surface area contributed by atoms with E-state index < -0.39 is 21.6 Å². The summed E-state index contributed by atoms with van der Waals surface area (Å²) in [7, 11) is -3.00. The highest BCUT2D eigenvalue weighted by atomic mass is 32.2. The number of aromatic carboxylic acids is 1. The number of carboxylic acids is 1. The largest absolute Gasteiger partial charge is 0.478 e. The molecule has 1 amide bonds. The first-order valence-electron chi connectivity index (χ1n) is 8.40. The molecule has 0 aliphatic heterocycles. The number of carbonyl (C=O) groups excluding carboxylic acids is 1. The number of nitrogens with one attached hydrogen (secondary N) is 1. The first-order chi connectivity index (χ1) is 13.8. The van der Waals surface area contributed by atoms with E-state index in [0.29, 0.717) is 16.0 Å². The van der Waals surface area contributed by atoms with Gasteiger partial charge in [-0.3, -0.25) is 14.5 Å². The maximum Gasteiger partial charge on any atom is 0.335 e. The van der Waals surface area contributed by atoms with E-state index in [2.05, 4.69) is 27.4 Å². The number of hydrogen-bond acceptors (Lipinski definition) is 4. The fourth-order valence-electron chi connectivity index (χ4n) is 2.38. The van der Waals surface area contributed by atoms with Gasteiger partial charge in [-0.25, -0.2) is 9.00 Å². The Bertz CT molecular complexity index is 1220. The molecule has 0 aliphatic carbocycles. The summed E-state index contributed by atoms with van der Waals surface area (Å²) in [4.78, 5) is 27.8. The number of pyridine rings is 1. The number of rotatable bonds is 4. The van der Waals surface area contributed by atoms with Gasteiger partial charge in [0.25, 0.3) is 5.91 Å². The lowest BCUT2D eigenvalue weighted by Gasteiger charge is -2.11. The minimum absolute atomic E-state index is 0.172. The smallest absolute Gasteiger partial charge is 0.335 e. The Balaban J connectivity index is 1.78. The van der Waals surface area contributed by atoms with Gasteiger partial charge in [-0.2, -0.15) is 0 Å². The topological polar surface area (TPSA) is 96.4 Å². The number of amides is 1. The SMILES string of the molecule is C=S(=O)(NC(=O)c1cncc(C#Cc2ccc(C(=O)O)cc2)c1)c1ccccc1. The minimum atomic E-state index is -3.00. The van der Waals surface area contributed by atoms with Crippen LogP contribution < -0.4 is 4.72 Å². The Labute approximate surface area is 168 Å². The molecule has 0 saturated carbocycles. The maximum absolute atomic E-state index is 12.7. The van der Waals surface area contributed by atoms with Crippen molar-refractivity contribution in [1.29, 1.82) is 0 Å². The van der Waals surface area contributed by atoms with Crippen LogP contribution in [0.15, 0.2) is 78.0 Å². The molecule has 29 heavy (non-hydrogen) atoms. The quantitative estimate of drug-likeness (QED) is 0.515. The highest BCUT2D eigenvalue weighted by molar-refractivity contribution is 7.99. The molecular formula is C22H16N2O4S. The van der Waals surface area contributed by atoms with E-state index in [4.69, 9.17) is 5.11 Å². The Hall–Kier alpha value is -3.89. The minimum Gasteiger partial charge on any atom is -0.478 e. The molecule has 7 heteroatoms. The van der Waals surface area contributed by atoms with Gasteiger partial charge in [0.1, 0.15) is 0 Å². The summed E-state index contributed by atoms with van der Waals surface area (Å²) in [5, 5.41) is 8.91. The molecule has 2 N–H and O–H groups in total. The number of aromatic nitrogens is 1. The van der Waals surface area contributed by atoms with Gasteiger partial charge in [-0.1, -0.05) is 30.0 Å². The van der Waals surface area contributed by atoms with Crippen LogP contribution in [0, 0.1) is 11.8 Å². The van der Waals surface area contributed by atoms with Crippen molar-refractivity contribution in [3.8, 4) is 11.8 Å². The first kappa shape index (κ1) is 19.9. The van der Waals surface area contributed by atoms with Crippen LogP contribution in [0.3, 0.4) is 0 Å². The molecule has 1 unspecified atom stereocenters. The number of benzene rings is 2. The van der Waals surface area contributed by atoms with Crippen molar-refractivity contribution < 1.29 is 18.9 Å². The highest BCUT2D eigenvalue weighted by Gasteiger charge is 2.14. The zero-order valence-corrected chi connectivity index (χ0v) is 16.0. The molecule has 3 rings (SSSR count). The van der Waals surface area contributed by atoms with E-state index in [-0.39, 0.29) is 11.1 Å². The average molecular weight is 404 g/mol. The van der Waals surface area contributed by atoms with Crippen LogP contribution in [-0.2, 0) is 9.71 Å². The van der Waals surface area contributed by atoms with Crippen molar-refractivity contribution in [3.05, 3.63) is 95.3 Å². The Morgan fingerprint density at radius 2 is 1.59 bits per heavy atom. The van der Waals surface area contributed by atoms with Gasteiger partial charge in [0.15, 0.2) is 0 Å². The maximum atomic E-state index is 12.7. The van der Waals surface area contributed by atoms with Gasteiger partial charge in [-0.15, -0.1) is 0 Å². The normalized spacial score (nSPS) is 12.1. The standard InChI is InChI=1S/C22H16N2O4S/c1-29(28,20-5-3-2-4-6-20)24-21(25)19-13-17(14-23-15-19)8-7-16-9-11-18(12-10-16)22(26)27/h2-6,9-15H,1H2,(H,26,27)(H,24,25,28). The third-order valence-corrected chi connectivity index (χ3v) is 5.41. The Kier molecular flexibility index (Phi) is 5.77. The molecular weight excluding hydrogens is 388 g/mol. The van der Waals surface area contributed by atoms with Gasteiger partial charge in [0, 0.05) is 28.4 Å². The van der Waals surface area contributed by atoms with Crippen LogP contribution in [0.2, 0.25) is 0 Å². The predicted molar refractivity (Wildman–Crippen MR) is 111 cm³/mol. The van der Waals surface area contributed by atoms with E-state index in [1.807, 2.05) is 0 Å². The molecule has 0 saturated heterocycles.